The minimum absolute atomic E-state index is 0.0259. The molecule has 0 fully saturated rings. The number of hydrogen-bond donors (Lipinski definition) is 0. The van der Waals surface area contributed by atoms with Crippen molar-refractivity contribution in [3.8, 4) is 11.5 Å². The maximum atomic E-state index is 13.5. The Bertz CT molecular complexity index is 1260. The van der Waals surface area contributed by atoms with Crippen LogP contribution in [0.3, 0.4) is 0 Å². The van der Waals surface area contributed by atoms with Crippen molar-refractivity contribution < 1.29 is 14.3 Å². The van der Waals surface area contributed by atoms with Gasteiger partial charge >= 0.3 is 0 Å². The van der Waals surface area contributed by atoms with Crippen LogP contribution >= 0.6 is 0 Å². The smallest absolute Gasteiger partial charge is 0.232 e. The van der Waals surface area contributed by atoms with Crippen LogP contribution in [0.1, 0.15) is 51.0 Å². The Morgan fingerprint density at radius 2 is 1.50 bits per heavy atom. The highest BCUT2D eigenvalue weighted by atomic mass is 16.5. The standard InChI is InChI=1S/C31H32N2O3/c1-3-32(4-2)23-15-13-22(14-16-23)27-21-30(35)33(28-11-8-12-29(34)31(27)28)24-17-19-26(20-18-24)36-25-9-6-5-7-10-25/h5-7,9-10,13-20,27H,3-4,8,11-12,21H2,1-2H3. The molecule has 2 aliphatic rings. The number of rotatable bonds is 7. The van der Waals surface area contributed by atoms with E-state index in [0.29, 0.717) is 12.2 Å². The molecule has 1 aliphatic carbocycles. The zero-order valence-corrected chi connectivity index (χ0v) is 20.9. The largest absolute Gasteiger partial charge is 0.457 e. The molecular formula is C31H32N2O3. The third-order valence-corrected chi connectivity index (χ3v) is 7.17. The van der Waals surface area contributed by atoms with E-state index in [0.717, 1.165) is 59.9 Å². The Hall–Kier alpha value is -3.86. The third kappa shape index (κ3) is 4.66. The number of ether oxygens (including phenoxy) is 1. The van der Waals surface area contributed by atoms with Crippen LogP contribution in [0.4, 0.5) is 11.4 Å². The molecule has 3 aromatic rings. The van der Waals surface area contributed by atoms with Gasteiger partial charge in [-0.15, -0.1) is 0 Å². The molecule has 0 bridgehead atoms. The van der Waals surface area contributed by atoms with Gasteiger partial charge in [0, 0.05) is 54.5 Å². The first-order valence-electron chi connectivity index (χ1n) is 12.9. The van der Waals surface area contributed by atoms with Gasteiger partial charge in [-0.3, -0.25) is 14.5 Å². The van der Waals surface area contributed by atoms with E-state index in [9.17, 15) is 9.59 Å². The molecule has 0 spiro atoms. The predicted octanol–water partition coefficient (Wildman–Crippen LogP) is 6.85. The SMILES string of the molecule is CCN(CC)c1ccc(C2CC(=O)N(c3ccc(Oc4ccccc4)cc3)C3=C2C(=O)CCC3)cc1. The van der Waals surface area contributed by atoms with E-state index in [2.05, 4.69) is 43.0 Å². The van der Waals surface area contributed by atoms with Crippen LogP contribution in [0.25, 0.3) is 0 Å². The molecule has 0 radical (unpaired) electrons. The minimum atomic E-state index is -0.192. The van der Waals surface area contributed by atoms with Crippen LogP contribution in [0, 0.1) is 0 Å². The summed E-state index contributed by atoms with van der Waals surface area (Å²) in [5.74, 6) is 1.46. The fourth-order valence-electron chi connectivity index (χ4n) is 5.37. The summed E-state index contributed by atoms with van der Waals surface area (Å²) in [5, 5.41) is 0. The van der Waals surface area contributed by atoms with Crippen LogP contribution in [0.5, 0.6) is 11.5 Å². The molecule has 1 atom stereocenters. The lowest BCUT2D eigenvalue weighted by Crippen LogP contribution is -2.40. The average Bonchev–Trinajstić information content (AvgIpc) is 2.91. The topological polar surface area (TPSA) is 49.9 Å². The van der Waals surface area contributed by atoms with Gasteiger partial charge in [0.05, 0.1) is 0 Å². The summed E-state index contributed by atoms with van der Waals surface area (Å²) < 4.78 is 5.92. The summed E-state index contributed by atoms with van der Waals surface area (Å²) in [6.07, 6.45) is 2.32. The molecule has 0 aromatic heterocycles. The second kappa shape index (κ2) is 10.4. The molecule has 0 saturated heterocycles. The van der Waals surface area contributed by atoms with Gasteiger partial charge in [0.2, 0.25) is 5.91 Å². The molecule has 3 aromatic carbocycles. The van der Waals surface area contributed by atoms with Crippen molar-refractivity contribution in [3.05, 3.63) is 95.7 Å². The molecule has 36 heavy (non-hydrogen) atoms. The van der Waals surface area contributed by atoms with Crippen LogP contribution in [-0.4, -0.2) is 24.8 Å². The maximum Gasteiger partial charge on any atom is 0.232 e. The van der Waals surface area contributed by atoms with E-state index in [1.54, 1.807) is 4.90 Å². The number of hydrogen-bond acceptors (Lipinski definition) is 4. The Kier molecular flexibility index (Phi) is 6.90. The quantitative estimate of drug-likeness (QED) is 0.371. The van der Waals surface area contributed by atoms with Gasteiger partial charge in [0.25, 0.3) is 0 Å². The van der Waals surface area contributed by atoms with E-state index in [1.165, 1.54) is 0 Å². The molecule has 5 heteroatoms. The van der Waals surface area contributed by atoms with Crippen molar-refractivity contribution in [3.63, 3.8) is 0 Å². The van der Waals surface area contributed by atoms with Crippen molar-refractivity contribution in [2.24, 2.45) is 0 Å². The zero-order valence-electron chi connectivity index (χ0n) is 20.9. The van der Waals surface area contributed by atoms with E-state index < -0.39 is 0 Å². The van der Waals surface area contributed by atoms with E-state index in [4.69, 9.17) is 4.74 Å². The lowest BCUT2D eigenvalue weighted by molar-refractivity contribution is -0.119. The van der Waals surface area contributed by atoms with Crippen molar-refractivity contribution in [2.45, 2.75) is 45.4 Å². The molecule has 184 valence electrons. The van der Waals surface area contributed by atoms with Crippen molar-refractivity contribution >= 4 is 23.1 Å². The number of amides is 1. The number of benzene rings is 3. The Morgan fingerprint density at radius 3 is 2.17 bits per heavy atom. The highest BCUT2D eigenvalue weighted by Gasteiger charge is 2.39. The predicted molar refractivity (Wildman–Crippen MR) is 144 cm³/mol. The van der Waals surface area contributed by atoms with Crippen LogP contribution in [0.2, 0.25) is 0 Å². The monoisotopic (exact) mass is 480 g/mol. The van der Waals surface area contributed by atoms with Gasteiger partial charge in [-0.2, -0.15) is 0 Å². The zero-order chi connectivity index (χ0) is 25.1. The maximum absolute atomic E-state index is 13.5. The van der Waals surface area contributed by atoms with Crippen LogP contribution in [-0.2, 0) is 9.59 Å². The molecule has 1 amide bonds. The van der Waals surface area contributed by atoms with Gasteiger partial charge < -0.3 is 9.64 Å². The number of Topliss-reactive ketones (excluding diaryl/α,β-unsaturated/α-hetero) is 1. The summed E-state index contributed by atoms with van der Waals surface area (Å²) in [5.41, 5.74) is 4.64. The molecule has 0 N–H and O–H groups in total. The first kappa shape index (κ1) is 23.9. The molecule has 5 nitrogen and oxygen atoms in total. The number of carbonyl (C=O) groups excluding carboxylic acids is 2. The van der Waals surface area contributed by atoms with E-state index in [1.807, 2.05) is 54.6 Å². The van der Waals surface area contributed by atoms with Gasteiger partial charge in [-0.1, -0.05) is 30.3 Å². The Labute approximate surface area is 213 Å². The normalized spacial score (nSPS) is 17.7. The Morgan fingerprint density at radius 1 is 0.833 bits per heavy atom. The summed E-state index contributed by atoms with van der Waals surface area (Å²) in [6, 6.07) is 25.6. The molecule has 5 rings (SSSR count). The van der Waals surface area contributed by atoms with Crippen molar-refractivity contribution in [2.75, 3.05) is 22.9 Å². The molecular weight excluding hydrogens is 448 g/mol. The first-order valence-corrected chi connectivity index (χ1v) is 12.9. The number of para-hydroxylation sites is 1. The lowest BCUT2D eigenvalue weighted by atomic mass is 9.77. The number of nitrogens with zero attached hydrogens (tertiary/aromatic N) is 2. The van der Waals surface area contributed by atoms with Gasteiger partial charge in [0.1, 0.15) is 11.5 Å². The third-order valence-electron chi connectivity index (χ3n) is 7.17. The first-order chi connectivity index (χ1) is 17.6. The van der Waals surface area contributed by atoms with Crippen LogP contribution < -0.4 is 14.5 Å². The molecule has 1 aliphatic heterocycles. The summed E-state index contributed by atoms with van der Waals surface area (Å²) in [4.78, 5) is 30.8. The second-order valence-electron chi connectivity index (χ2n) is 9.30. The van der Waals surface area contributed by atoms with Crippen LogP contribution in [0.15, 0.2) is 90.1 Å². The van der Waals surface area contributed by atoms with E-state index >= 15 is 0 Å². The average molecular weight is 481 g/mol. The van der Waals surface area contributed by atoms with Gasteiger partial charge in [-0.25, -0.2) is 0 Å². The van der Waals surface area contributed by atoms with Gasteiger partial charge in [-0.05, 0) is 80.8 Å². The highest BCUT2D eigenvalue weighted by molar-refractivity contribution is 6.07. The summed E-state index contributed by atoms with van der Waals surface area (Å²) in [6.45, 7) is 6.17. The minimum Gasteiger partial charge on any atom is -0.457 e. The fourth-order valence-corrected chi connectivity index (χ4v) is 5.37. The highest BCUT2D eigenvalue weighted by Crippen LogP contribution is 2.44. The number of carbonyl (C=O) groups is 2. The molecule has 0 saturated carbocycles. The number of anilines is 2. The molecule has 1 unspecified atom stereocenters. The molecule has 1 heterocycles. The van der Waals surface area contributed by atoms with E-state index in [-0.39, 0.29) is 24.0 Å². The Balaban J connectivity index is 1.46. The summed E-state index contributed by atoms with van der Waals surface area (Å²) in [7, 11) is 0. The number of ketones is 1. The van der Waals surface area contributed by atoms with Crippen molar-refractivity contribution in [1.29, 1.82) is 0 Å². The fraction of sp³-hybridized carbons (Fsp3) is 0.290. The lowest BCUT2D eigenvalue weighted by Gasteiger charge is -2.38. The number of allylic oxidation sites excluding steroid dienone is 2. The van der Waals surface area contributed by atoms with Gasteiger partial charge in [0.15, 0.2) is 5.78 Å². The van der Waals surface area contributed by atoms with Crippen molar-refractivity contribution in [1.82, 2.24) is 0 Å². The second-order valence-corrected chi connectivity index (χ2v) is 9.30. The summed E-state index contributed by atoms with van der Waals surface area (Å²) >= 11 is 0.